The number of aromatic nitrogens is 2. The van der Waals surface area contributed by atoms with Gasteiger partial charge in [0.15, 0.2) is 5.01 Å². The lowest BCUT2D eigenvalue weighted by molar-refractivity contribution is -0.119. The van der Waals surface area contributed by atoms with Crippen LogP contribution in [0.3, 0.4) is 0 Å². The minimum Gasteiger partial charge on any atom is -0.356 e. The summed E-state index contributed by atoms with van der Waals surface area (Å²) < 4.78 is 14.8. The van der Waals surface area contributed by atoms with Crippen LogP contribution in [0.5, 0.6) is 0 Å². The topological polar surface area (TPSA) is 58.1 Å². The number of nitrogens with zero attached hydrogens (tertiary/aromatic N) is 3. The molecule has 1 N–H and O–H groups in total. The first-order chi connectivity index (χ1) is 11.5. The Hall–Kier alpha value is -1.54. The van der Waals surface area contributed by atoms with Gasteiger partial charge in [0.1, 0.15) is 5.82 Å². The van der Waals surface area contributed by atoms with Crippen molar-refractivity contribution in [2.75, 3.05) is 24.5 Å². The SMILES string of the molecule is CC(=O)NCC1CCCN(c2nnc(-c3cc(Br)ccc3F)s2)C1. The Labute approximate surface area is 152 Å². The molecule has 3 rings (SSSR count). The third-order valence-corrected chi connectivity index (χ3v) is 5.51. The summed E-state index contributed by atoms with van der Waals surface area (Å²) in [6.45, 7) is 3.95. The average molecular weight is 413 g/mol. The predicted molar refractivity (Wildman–Crippen MR) is 96.6 cm³/mol. The number of halogens is 2. The first-order valence-electron chi connectivity index (χ1n) is 7.81. The second-order valence-electron chi connectivity index (χ2n) is 5.91. The van der Waals surface area contributed by atoms with Gasteiger partial charge in [-0.1, -0.05) is 27.3 Å². The van der Waals surface area contributed by atoms with Crippen LogP contribution in [0.2, 0.25) is 0 Å². The molecule has 1 aromatic heterocycles. The van der Waals surface area contributed by atoms with Crippen molar-refractivity contribution >= 4 is 38.3 Å². The lowest BCUT2D eigenvalue weighted by atomic mass is 9.98. The number of anilines is 1. The quantitative estimate of drug-likeness (QED) is 0.834. The normalized spacial score (nSPS) is 17.8. The second kappa shape index (κ2) is 7.57. The highest BCUT2D eigenvalue weighted by Gasteiger charge is 2.23. The van der Waals surface area contributed by atoms with E-state index in [1.165, 1.54) is 24.3 Å². The third-order valence-electron chi connectivity index (χ3n) is 4.00. The molecule has 128 valence electrons. The number of rotatable bonds is 4. The molecule has 1 aromatic carbocycles. The minimum atomic E-state index is -0.303. The molecule has 8 heteroatoms. The maximum absolute atomic E-state index is 14.0. The fraction of sp³-hybridized carbons (Fsp3) is 0.438. The number of hydrogen-bond acceptors (Lipinski definition) is 5. The number of piperidine rings is 1. The van der Waals surface area contributed by atoms with Crippen molar-refractivity contribution in [1.29, 1.82) is 0 Å². The zero-order valence-corrected chi connectivity index (χ0v) is 15.7. The predicted octanol–water partition coefficient (Wildman–Crippen LogP) is 3.46. The van der Waals surface area contributed by atoms with Crippen molar-refractivity contribution in [3.63, 3.8) is 0 Å². The average Bonchev–Trinajstić information content (AvgIpc) is 3.05. The van der Waals surface area contributed by atoms with Gasteiger partial charge in [0.2, 0.25) is 11.0 Å². The van der Waals surface area contributed by atoms with Crippen LogP contribution in [0.15, 0.2) is 22.7 Å². The van der Waals surface area contributed by atoms with Crippen LogP contribution in [-0.4, -0.2) is 35.7 Å². The van der Waals surface area contributed by atoms with E-state index in [0.29, 0.717) is 23.0 Å². The zero-order valence-electron chi connectivity index (χ0n) is 13.3. The summed E-state index contributed by atoms with van der Waals surface area (Å²) in [5.41, 5.74) is 0.458. The van der Waals surface area contributed by atoms with E-state index in [9.17, 15) is 9.18 Å². The highest BCUT2D eigenvalue weighted by molar-refractivity contribution is 9.10. The number of hydrogen-bond donors (Lipinski definition) is 1. The fourth-order valence-corrected chi connectivity index (χ4v) is 4.07. The van der Waals surface area contributed by atoms with Gasteiger partial charge in [-0.2, -0.15) is 0 Å². The van der Waals surface area contributed by atoms with E-state index in [1.54, 1.807) is 12.1 Å². The lowest BCUT2D eigenvalue weighted by Crippen LogP contribution is -2.40. The van der Waals surface area contributed by atoms with Crippen LogP contribution in [0.1, 0.15) is 19.8 Å². The Morgan fingerprint density at radius 1 is 1.50 bits per heavy atom. The Bertz CT molecular complexity index is 739. The van der Waals surface area contributed by atoms with Crippen LogP contribution in [0.25, 0.3) is 10.6 Å². The van der Waals surface area contributed by atoms with Crippen molar-refractivity contribution in [3.05, 3.63) is 28.5 Å². The molecule has 0 spiro atoms. The first kappa shape index (κ1) is 17.3. The van der Waals surface area contributed by atoms with Crippen molar-refractivity contribution in [3.8, 4) is 10.6 Å². The Morgan fingerprint density at radius 2 is 2.33 bits per heavy atom. The fourth-order valence-electron chi connectivity index (χ4n) is 2.81. The van der Waals surface area contributed by atoms with Crippen molar-refractivity contribution < 1.29 is 9.18 Å². The molecule has 0 saturated carbocycles. The molecule has 1 saturated heterocycles. The van der Waals surface area contributed by atoms with Crippen LogP contribution < -0.4 is 10.2 Å². The molecule has 0 bridgehead atoms. The van der Waals surface area contributed by atoms with Gasteiger partial charge in [-0.3, -0.25) is 4.79 Å². The van der Waals surface area contributed by atoms with Gasteiger partial charge in [0.05, 0.1) is 0 Å². The number of carbonyl (C=O) groups excluding carboxylic acids is 1. The van der Waals surface area contributed by atoms with Crippen LogP contribution in [0, 0.1) is 11.7 Å². The highest BCUT2D eigenvalue weighted by atomic mass is 79.9. The van der Waals surface area contributed by atoms with E-state index in [4.69, 9.17) is 0 Å². The summed E-state index contributed by atoms with van der Waals surface area (Å²) in [7, 11) is 0. The Balaban J connectivity index is 1.73. The van der Waals surface area contributed by atoms with Gasteiger partial charge in [0, 0.05) is 36.6 Å². The molecule has 5 nitrogen and oxygen atoms in total. The van der Waals surface area contributed by atoms with Gasteiger partial charge in [-0.15, -0.1) is 10.2 Å². The van der Waals surface area contributed by atoms with Crippen LogP contribution >= 0.6 is 27.3 Å². The van der Waals surface area contributed by atoms with E-state index in [0.717, 1.165) is 35.5 Å². The number of benzene rings is 1. The monoisotopic (exact) mass is 412 g/mol. The van der Waals surface area contributed by atoms with Crippen LogP contribution in [0.4, 0.5) is 9.52 Å². The molecular formula is C16H18BrFN4OS. The molecule has 2 aromatic rings. The van der Waals surface area contributed by atoms with E-state index in [2.05, 4.69) is 36.3 Å². The smallest absolute Gasteiger partial charge is 0.216 e. The lowest BCUT2D eigenvalue weighted by Gasteiger charge is -2.32. The number of carbonyl (C=O) groups is 1. The summed E-state index contributed by atoms with van der Waals surface area (Å²) in [5.74, 6) is 0.0936. The molecule has 1 amide bonds. The van der Waals surface area contributed by atoms with Gasteiger partial charge in [0.25, 0.3) is 0 Å². The Morgan fingerprint density at radius 3 is 3.12 bits per heavy atom. The second-order valence-corrected chi connectivity index (χ2v) is 7.78. The largest absolute Gasteiger partial charge is 0.356 e. The summed E-state index contributed by atoms with van der Waals surface area (Å²) in [6, 6.07) is 4.80. The van der Waals surface area contributed by atoms with E-state index >= 15 is 0 Å². The molecule has 24 heavy (non-hydrogen) atoms. The molecule has 1 aliphatic heterocycles. The maximum Gasteiger partial charge on any atom is 0.216 e. The molecule has 1 atom stereocenters. The highest BCUT2D eigenvalue weighted by Crippen LogP contribution is 2.33. The summed E-state index contributed by atoms with van der Waals surface area (Å²) in [6.07, 6.45) is 2.13. The molecule has 1 aliphatic rings. The van der Waals surface area contributed by atoms with Gasteiger partial charge < -0.3 is 10.2 Å². The molecular weight excluding hydrogens is 395 g/mol. The van der Waals surface area contributed by atoms with E-state index in [1.807, 2.05) is 0 Å². The molecule has 1 fully saturated rings. The molecule has 1 unspecified atom stereocenters. The van der Waals surface area contributed by atoms with Crippen molar-refractivity contribution in [1.82, 2.24) is 15.5 Å². The van der Waals surface area contributed by atoms with Gasteiger partial charge in [-0.05, 0) is 37.0 Å². The zero-order chi connectivity index (χ0) is 17.1. The molecule has 0 aliphatic carbocycles. The van der Waals surface area contributed by atoms with Gasteiger partial charge in [-0.25, -0.2) is 4.39 Å². The first-order valence-corrected chi connectivity index (χ1v) is 9.42. The standard InChI is InChI=1S/C16H18BrFN4OS/c1-10(23)19-8-11-3-2-6-22(9-11)16-21-20-15(24-16)13-7-12(17)4-5-14(13)18/h4-5,7,11H,2-3,6,8-9H2,1H3,(H,19,23). The number of amides is 1. The van der Waals surface area contributed by atoms with Crippen molar-refractivity contribution in [2.45, 2.75) is 19.8 Å². The third kappa shape index (κ3) is 4.10. The molecule has 0 radical (unpaired) electrons. The van der Waals surface area contributed by atoms with Crippen molar-refractivity contribution in [2.24, 2.45) is 5.92 Å². The van der Waals surface area contributed by atoms with Crippen LogP contribution in [-0.2, 0) is 4.79 Å². The van der Waals surface area contributed by atoms with E-state index in [-0.39, 0.29) is 11.7 Å². The number of nitrogens with one attached hydrogen (secondary N) is 1. The van der Waals surface area contributed by atoms with Gasteiger partial charge >= 0.3 is 0 Å². The minimum absolute atomic E-state index is 0.00421. The maximum atomic E-state index is 14.0. The summed E-state index contributed by atoms with van der Waals surface area (Å²) in [4.78, 5) is 13.2. The Kier molecular flexibility index (Phi) is 5.45. The summed E-state index contributed by atoms with van der Waals surface area (Å²) >= 11 is 4.76. The molecule has 2 heterocycles. The summed E-state index contributed by atoms with van der Waals surface area (Å²) in [5, 5.41) is 12.7. The van der Waals surface area contributed by atoms with E-state index < -0.39 is 0 Å².